The van der Waals surface area contributed by atoms with Gasteiger partial charge in [-0.05, 0) is 11.6 Å². The summed E-state index contributed by atoms with van der Waals surface area (Å²) in [6.45, 7) is 1.82. The fourth-order valence-electron chi connectivity index (χ4n) is 2.71. The summed E-state index contributed by atoms with van der Waals surface area (Å²) >= 11 is 6.29. The molecule has 0 spiro atoms. The van der Waals surface area contributed by atoms with Gasteiger partial charge >= 0.3 is 0 Å². The molecule has 1 aliphatic heterocycles. The molecule has 0 fully saturated rings. The average Bonchev–Trinajstić information content (AvgIpc) is 2.75. The van der Waals surface area contributed by atoms with Crippen LogP contribution < -0.4 is 10.2 Å². The SMILES string of the molecule is CC(=O)NC1C(=O)N(Cc2ccccc2)c2c(Cl)cccc21. The van der Waals surface area contributed by atoms with Gasteiger partial charge in [0.1, 0.15) is 6.04 Å². The van der Waals surface area contributed by atoms with E-state index in [2.05, 4.69) is 5.32 Å². The van der Waals surface area contributed by atoms with Gasteiger partial charge in [0.25, 0.3) is 5.91 Å². The van der Waals surface area contributed by atoms with Crippen LogP contribution in [0.5, 0.6) is 0 Å². The van der Waals surface area contributed by atoms with Crippen molar-refractivity contribution in [2.45, 2.75) is 19.5 Å². The van der Waals surface area contributed by atoms with Crippen LogP contribution >= 0.6 is 11.6 Å². The van der Waals surface area contributed by atoms with Crippen molar-refractivity contribution in [1.29, 1.82) is 0 Å². The first-order chi connectivity index (χ1) is 10.6. The maximum atomic E-state index is 12.7. The molecule has 3 rings (SSSR count). The van der Waals surface area contributed by atoms with Gasteiger partial charge in [0.05, 0.1) is 17.3 Å². The van der Waals surface area contributed by atoms with E-state index >= 15 is 0 Å². The number of para-hydroxylation sites is 1. The molecule has 1 N–H and O–H groups in total. The lowest BCUT2D eigenvalue weighted by molar-refractivity contribution is -0.126. The second kappa shape index (κ2) is 5.81. The van der Waals surface area contributed by atoms with E-state index < -0.39 is 6.04 Å². The lowest BCUT2D eigenvalue weighted by Crippen LogP contribution is -2.36. The number of nitrogens with one attached hydrogen (secondary N) is 1. The average molecular weight is 315 g/mol. The van der Waals surface area contributed by atoms with Crippen LogP contribution in [-0.2, 0) is 16.1 Å². The molecule has 0 aliphatic carbocycles. The van der Waals surface area contributed by atoms with Gasteiger partial charge in [0.2, 0.25) is 5.91 Å². The van der Waals surface area contributed by atoms with E-state index in [-0.39, 0.29) is 11.8 Å². The van der Waals surface area contributed by atoms with Crippen LogP contribution in [0.25, 0.3) is 0 Å². The van der Waals surface area contributed by atoms with Gasteiger partial charge in [-0.15, -0.1) is 0 Å². The minimum Gasteiger partial charge on any atom is -0.341 e. The second-order valence-corrected chi connectivity index (χ2v) is 5.63. The Morgan fingerprint density at radius 2 is 1.91 bits per heavy atom. The number of benzene rings is 2. The monoisotopic (exact) mass is 314 g/mol. The Bertz CT molecular complexity index is 731. The van der Waals surface area contributed by atoms with Crippen molar-refractivity contribution in [2.24, 2.45) is 0 Å². The highest BCUT2D eigenvalue weighted by Gasteiger charge is 2.39. The molecule has 0 bridgehead atoms. The molecule has 2 amide bonds. The molecule has 1 atom stereocenters. The molecular formula is C17H15ClN2O2. The van der Waals surface area contributed by atoms with Gasteiger partial charge < -0.3 is 10.2 Å². The smallest absolute Gasteiger partial charge is 0.254 e. The van der Waals surface area contributed by atoms with Crippen molar-refractivity contribution in [3.63, 3.8) is 0 Å². The van der Waals surface area contributed by atoms with E-state index in [0.717, 1.165) is 11.1 Å². The third-order valence-electron chi connectivity index (χ3n) is 3.64. The number of halogens is 1. The summed E-state index contributed by atoms with van der Waals surface area (Å²) in [5.74, 6) is -0.409. The van der Waals surface area contributed by atoms with Gasteiger partial charge in [-0.25, -0.2) is 0 Å². The standard InChI is InChI=1S/C17H15ClN2O2/c1-11(21)19-15-13-8-5-9-14(18)16(13)20(17(15)22)10-12-6-3-2-4-7-12/h2-9,15H,10H2,1H3,(H,19,21). The highest BCUT2D eigenvalue weighted by Crippen LogP contribution is 2.41. The zero-order valence-electron chi connectivity index (χ0n) is 12.0. The van der Waals surface area contributed by atoms with Gasteiger partial charge in [0, 0.05) is 12.5 Å². The van der Waals surface area contributed by atoms with E-state index in [4.69, 9.17) is 11.6 Å². The lowest BCUT2D eigenvalue weighted by Gasteiger charge is -2.19. The minimum absolute atomic E-state index is 0.165. The molecule has 0 saturated carbocycles. The van der Waals surface area contributed by atoms with Crippen molar-refractivity contribution < 1.29 is 9.59 Å². The Morgan fingerprint density at radius 3 is 2.59 bits per heavy atom. The summed E-state index contributed by atoms with van der Waals surface area (Å²) in [6.07, 6.45) is 0. The maximum Gasteiger partial charge on any atom is 0.254 e. The lowest BCUT2D eigenvalue weighted by atomic mass is 10.1. The summed E-state index contributed by atoms with van der Waals surface area (Å²) in [5.41, 5.74) is 2.42. The first-order valence-corrected chi connectivity index (χ1v) is 7.36. The largest absolute Gasteiger partial charge is 0.341 e. The Hall–Kier alpha value is -2.33. The number of fused-ring (bicyclic) bond motifs is 1. The Labute approximate surface area is 133 Å². The number of anilines is 1. The van der Waals surface area contributed by atoms with Crippen LogP contribution in [0.1, 0.15) is 24.1 Å². The number of amides is 2. The predicted molar refractivity (Wildman–Crippen MR) is 85.6 cm³/mol. The Kier molecular flexibility index (Phi) is 3.86. The summed E-state index contributed by atoms with van der Waals surface area (Å²) in [5, 5.41) is 3.21. The zero-order valence-corrected chi connectivity index (χ0v) is 12.8. The number of hydrogen-bond acceptors (Lipinski definition) is 2. The zero-order chi connectivity index (χ0) is 15.7. The number of hydrogen-bond donors (Lipinski definition) is 1. The van der Waals surface area contributed by atoms with Crippen LogP contribution in [0, 0.1) is 0 Å². The van der Waals surface area contributed by atoms with Crippen molar-refractivity contribution in [1.82, 2.24) is 5.32 Å². The molecule has 5 heteroatoms. The molecule has 112 valence electrons. The molecule has 22 heavy (non-hydrogen) atoms. The molecule has 0 saturated heterocycles. The number of carbonyl (C=O) groups excluding carboxylic acids is 2. The van der Waals surface area contributed by atoms with Gasteiger partial charge in [-0.3, -0.25) is 9.59 Å². The predicted octanol–water partition coefficient (Wildman–Crippen LogP) is 3.06. The quantitative estimate of drug-likeness (QED) is 0.946. The number of rotatable bonds is 3. The molecule has 0 aromatic heterocycles. The third kappa shape index (κ3) is 2.57. The molecule has 2 aromatic rings. The first-order valence-electron chi connectivity index (χ1n) is 6.98. The van der Waals surface area contributed by atoms with Crippen LogP contribution in [0.3, 0.4) is 0 Å². The summed E-state index contributed by atoms with van der Waals surface area (Å²) in [4.78, 5) is 25.7. The van der Waals surface area contributed by atoms with E-state index in [9.17, 15) is 9.59 Å². The Morgan fingerprint density at radius 1 is 1.18 bits per heavy atom. The molecular weight excluding hydrogens is 300 g/mol. The van der Waals surface area contributed by atoms with Crippen molar-refractivity contribution >= 4 is 29.1 Å². The molecule has 1 aliphatic rings. The van der Waals surface area contributed by atoms with E-state index in [0.29, 0.717) is 17.3 Å². The van der Waals surface area contributed by atoms with Crippen LogP contribution in [0.4, 0.5) is 5.69 Å². The topological polar surface area (TPSA) is 49.4 Å². The normalized spacial score (nSPS) is 16.5. The second-order valence-electron chi connectivity index (χ2n) is 5.22. The first kappa shape index (κ1) is 14.6. The molecule has 1 heterocycles. The van der Waals surface area contributed by atoms with E-state index in [1.807, 2.05) is 36.4 Å². The summed E-state index contributed by atoms with van der Waals surface area (Å²) in [7, 11) is 0. The number of nitrogens with zero attached hydrogens (tertiary/aromatic N) is 1. The fraction of sp³-hybridized carbons (Fsp3) is 0.176. The van der Waals surface area contributed by atoms with Crippen molar-refractivity contribution in [3.8, 4) is 0 Å². The highest BCUT2D eigenvalue weighted by molar-refractivity contribution is 6.34. The maximum absolute atomic E-state index is 12.7. The van der Waals surface area contributed by atoms with Crippen molar-refractivity contribution in [2.75, 3.05) is 4.90 Å². The summed E-state index contributed by atoms with van der Waals surface area (Å²) < 4.78 is 0. The molecule has 1 unspecified atom stereocenters. The minimum atomic E-state index is -0.671. The van der Waals surface area contributed by atoms with Gasteiger partial charge in [0.15, 0.2) is 0 Å². The fourth-order valence-corrected chi connectivity index (χ4v) is 3.00. The van der Waals surface area contributed by atoms with Crippen LogP contribution in [-0.4, -0.2) is 11.8 Å². The Balaban J connectivity index is 2.01. The molecule has 2 aromatic carbocycles. The van der Waals surface area contributed by atoms with Gasteiger partial charge in [-0.1, -0.05) is 54.1 Å². The number of carbonyl (C=O) groups is 2. The van der Waals surface area contributed by atoms with E-state index in [1.165, 1.54) is 6.92 Å². The highest BCUT2D eigenvalue weighted by atomic mass is 35.5. The summed E-state index contributed by atoms with van der Waals surface area (Å²) in [6, 6.07) is 14.4. The molecule has 4 nitrogen and oxygen atoms in total. The van der Waals surface area contributed by atoms with Crippen LogP contribution in [0.2, 0.25) is 5.02 Å². The molecule has 0 radical (unpaired) electrons. The van der Waals surface area contributed by atoms with Crippen molar-refractivity contribution in [3.05, 3.63) is 64.7 Å². The van der Waals surface area contributed by atoms with Crippen LogP contribution in [0.15, 0.2) is 48.5 Å². The van der Waals surface area contributed by atoms with E-state index in [1.54, 1.807) is 17.0 Å². The third-order valence-corrected chi connectivity index (χ3v) is 3.95. The van der Waals surface area contributed by atoms with Gasteiger partial charge in [-0.2, -0.15) is 0 Å².